The molecule has 2 atom stereocenters. The number of esters is 1. The summed E-state index contributed by atoms with van der Waals surface area (Å²) in [6, 6.07) is 16.5. The van der Waals surface area contributed by atoms with E-state index < -0.39 is 94.1 Å². The van der Waals surface area contributed by atoms with Gasteiger partial charge in [-0.05, 0) is 101 Å². The molecule has 25 nitrogen and oxygen atoms in total. The second-order valence-corrected chi connectivity index (χ2v) is 23.8. The number of thiazole rings is 1. The lowest BCUT2D eigenvalue weighted by molar-refractivity contribution is -0.164. The molecule has 432 valence electrons. The molecule has 1 saturated heterocycles. The molecule has 26 heteroatoms. The molecule has 0 bridgehead atoms. The Morgan fingerprint density at radius 2 is 1.41 bits per heavy atom. The number of rotatable bonds is 18. The number of guanidine groups is 1. The molecule has 80 heavy (non-hydrogen) atoms. The quantitative estimate of drug-likeness (QED) is 0.0145. The zero-order chi connectivity index (χ0) is 58.8. The van der Waals surface area contributed by atoms with Crippen molar-refractivity contribution >= 4 is 70.3 Å². The lowest BCUT2D eigenvalue weighted by Gasteiger charge is -2.36. The topological polar surface area (TPSA) is 298 Å². The first-order valence-electron chi connectivity index (χ1n) is 25.9. The van der Waals surface area contributed by atoms with Gasteiger partial charge in [-0.15, -0.1) is 16.3 Å². The van der Waals surface area contributed by atoms with Crippen molar-refractivity contribution in [3.63, 3.8) is 0 Å². The number of aromatic nitrogens is 4. The number of nitrogens with one attached hydrogen (secondary N) is 4. The molecule has 4 aromatic rings. The van der Waals surface area contributed by atoms with Crippen molar-refractivity contribution in [3.8, 4) is 0 Å². The van der Waals surface area contributed by atoms with Crippen LogP contribution >= 0.6 is 11.3 Å². The first-order chi connectivity index (χ1) is 37.4. The normalized spacial score (nSPS) is 16.2. The number of hydrogen-bond acceptors (Lipinski definition) is 18. The molecule has 6 amide bonds. The molecule has 2 aromatic carbocycles. The monoisotopic (exact) mass is 1130 g/mol. The zero-order valence-electron chi connectivity index (χ0n) is 47.4. The third kappa shape index (κ3) is 18.5. The number of β-lactam (4-membered cyclic amide) rings is 1. The Kier molecular flexibility index (Phi) is 19.3. The Labute approximate surface area is 468 Å². The summed E-state index contributed by atoms with van der Waals surface area (Å²) in [5, 5.41) is 25.3. The number of nitrogens with zero attached hydrogens (tertiary/aromatic N) is 8. The number of alkyl carbamates (subject to hydrolysis) is 1. The fourth-order valence-electron chi connectivity index (χ4n) is 7.42. The van der Waals surface area contributed by atoms with Gasteiger partial charge in [0.1, 0.15) is 39.8 Å². The fraction of sp³-hybridized carbons (Fsp3) is 0.519. The highest BCUT2D eigenvalue weighted by molar-refractivity contribution is 7.14. The Morgan fingerprint density at radius 1 is 0.825 bits per heavy atom. The van der Waals surface area contributed by atoms with E-state index in [0.29, 0.717) is 5.69 Å². The second kappa shape index (κ2) is 25.3. The maximum absolute atomic E-state index is 14.3. The van der Waals surface area contributed by atoms with E-state index in [1.807, 2.05) is 60.7 Å². The Morgan fingerprint density at radius 3 is 1.98 bits per heavy atom. The molecule has 6 rings (SSSR count). The summed E-state index contributed by atoms with van der Waals surface area (Å²) in [5.41, 5.74) is -3.67. The van der Waals surface area contributed by atoms with Gasteiger partial charge in [-0.25, -0.2) is 33.9 Å². The van der Waals surface area contributed by atoms with Crippen molar-refractivity contribution < 1.29 is 62.1 Å². The summed E-state index contributed by atoms with van der Waals surface area (Å²) in [4.78, 5) is 112. The van der Waals surface area contributed by atoms with Crippen molar-refractivity contribution in [2.24, 2.45) is 10.1 Å². The van der Waals surface area contributed by atoms with E-state index in [0.717, 1.165) is 27.4 Å². The number of hydrogen-bond donors (Lipinski definition) is 4. The van der Waals surface area contributed by atoms with Crippen molar-refractivity contribution in [1.29, 1.82) is 0 Å². The van der Waals surface area contributed by atoms with Gasteiger partial charge >= 0.3 is 30.3 Å². The van der Waals surface area contributed by atoms with Crippen molar-refractivity contribution in [3.05, 3.63) is 94.8 Å². The minimum Gasteiger partial charge on any atom is -0.450 e. The van der Waals surface area contributed by atoms with Gasteiger partial charge in [0.15, 0.2) is 16.9 Å². The van der Waals surface area contributed by atoms with Gasteiger partial charge in [-0.3, -0.25) is 14.9 Å². The molecular weight excluding hydrogens is 1060 g/mol. The van der Waals surface area contributed by atoms with Gasteiger partial charge in [-0.2, -0.15) is 15.0 Å². The average molecular weight is 1130 g/mol. The Hall–Kier alpha value is -8.16. The minimum atomic E-state index is -1.55. The highest BCUT2D eigenvalue weighted by Crippen LogP contribution is 2.43. The van der Waals surface area contributed by atoms with Crippen LogP contribution < -0.4 is 21.3 Å². The van der Waals surface area contributed by atoms with Crippen LogP contribution in [0.5, 0.6) is 0 Å². The van der Waals surface area contributed by atoms with Crippen LogP contribution in [0.15, 0.2) is 82.4 Å². The van der Waals surface area contributed by atoms with Gasteiger partial charge in [0.25, 0.3) is 5.91 Å². The standard InChI is InChI=1S/C54H72N12O13S/c1-50(2,3)75-46(70)55-27-20-28-65(49(73)78-53(10,11)12)45(61-48(72)77-52(7,8)9)64(13)30-35-29-56-66(62-35)31-36-38(41(67)57-36)59-42(68)39(37-32-80-44(58-37)60-47(71)76-51(4,5)6)63-79-54(25-26-54)43(69)74-40(33-21-16-14-17-22-33)34-23-18-15-19-24-34/h14-19,21-24,29,32,36,38,40H,20,25-28,30-31H2,1-13H3,(H,55,70)(H,57,67)(H,59,68)(H,58,60,71)/b61-45-,63-39-/t36-,38+/m1/s1. The van der Waals surface area contributed by atoms with Crippen LogP contribution in [0, 0.1) is 0 Å². The molecule has 2 aliphatic rings. The highest BCUT2D eigenvalue weighted by Gasteiger charge is 2.57. The predicted molar refractivity (Wildman–Crippen MR) is 293 cm³/mol. The van der Waals surface area contributed by atoms with E-state index in [4.69, 9.17) is 28.5 Å². The van der Waals surface area contributed by atoms with Crippen LogP contribution in [-0.4, -0.2) is 144 Å². The maximum Gasteiger partial charge on any atom is 0.437 e. The Balaban J connectivity index is 1.19. The van der Waals surface area contributed by atoms with Gasteiger partial charge in [-0.1, -0.05) is 65.8 Å². The van der Waals surface area contributed by atoms with Crippen LogP contribution in [0.4, 0.5) is 24.3 Å². The summed E-state index contributed by atoms with van der Waals surface area (Å²) in [6.07, 6.45) is -1.98. The average Bonchev–Trinajstić information content (AvgIpc) is 3.82. The number of amides is 6. The third-order valence-electron chi connectivity index (χ3n) is 11.0. The van der Waals surface area contributed by atoms with Crippen molar-refractivity contribution in [2.75, 3.05) is 25.5 Å². The number of aliphatic imine (C=N–C) groups is 1. The van der Waals surface area contributed by atoms with E-state index in [2.05, 4.69) is 46.6 Å². The largest absolute Gasteiger partial charge is 0.450 e. The molecule has 1 aliphatic heterocycles. The van der Waals surface area contributed by atoms with Gasteiger partial charge in [0.05, 0.1) is 25.3 Å². The molecule has 0 unspecified atom stereocenters. The second-order valence-electron chi connectivity index (χ2n) is 22.9. The highest BCUT2D eigenvalue weighted by atomic mass is 32.1. The number of carbonyl (C=O) groups is 7. The SMILES string of the molecule is CN(Cc1cnn(C[C@H]2NC(=O)[C@H]2NC(=O)/C(=N\OC2(C(=O)OC(c3ccccc3)c3ccccc3)CC2)c2csc(NC(=O)OC(C)(C)C)n2)n1)/C(=N/C(=O)OC(C)(C)C)N(CCCNC(=O)OC(C)(C)C)C(=O)OC(C)(C)C. The van der Waals surface area contributed by atoms with Crippen LogP contribution in [0.3, 0.4) is 0 Å². The van der Waals surface area contributed by atoms with E-state index in [1.54, 1.807) is 90.1 Å². The third-order valence-corrected chi connectivity index (χ3v) is 11.8. The number of carbonyl (C=O) groups excluding carboxylic acids is 7. The van der Waals surface area contributed by atoms with Gasteiger partial charge in [0.2, 0.25) is 17.5 Å². The van der Waals surface area contributed by atoms with Gasteiger partial charge < -0.3 is 49.4 Å². The smallest absolute Gasteiger partial charge is 0.437 e. The maximum atomic E-state index is 14.3. The minimum absolute atomic E-state index is 0.0451. The fourth-order valence-corrected chi connectivity index (χ4v) is 8.10. The first kappa shape index (κ1) is 61.1. The molecule has 0 spiro atoms. The van der Waals surface area contributed by atoms with E-state index >= 15 is 0 Å². The molecule has 0 radical (unpaired) electrons. The summed E-state index contributed by atoms with van der Waals surface area (Å²) >= 11 is 0.967. The molecule has 1 saturated carbocycles. The molecule has 4 N–H and O–H groups in total. The zero-order valence-corrected chi connectivity index (χ0v) is 48.2. The van der Waals surface area contributed by atoms with Crippen molar-refractivity contribution in [1.82, 2.24) is 45.7 Å². The molecule has 2 fully saturated rings. The molecule has 1 aliphatic carbocycles. The van der Waals surface area contributed by atoms with E-state index in [1.165, 1.54) is 21.3 Å². The molecule has 3 heterocycles. The van der Waals surface area contributed by atoms with Crippen LogP contribution in [0.25, 0.3) is 0 Å². The van der Waals surface area contributed by atoms with Crippen LogP contribution in [-0.2, 0) is 56.0 Å². The van der Waals surface area contributed by atoms with Crippen LogP contribution in [0.1, 0.15) is 131 Å². The van der Waals surface area contributed by atoms with Crippen LogP contribution in [0.2, 0.25) is 0 Å². The van der Waals surface area contributed by atoms with Crippen molar-refractivity contribution in [2.45, 2.75) is 162 Å². The summed E-state index contributed by atoms with van der Waals surface area (Å²) in [7, 11) is 1.57. The van der Waals surface area contributed by atoms with E-state index in [9.17, 15) is 33.6 Å². The predicted octanol–water partition coefficient (Wildman–Crippen LogP) is 7.23. The first-order valence-corrected chi connectivity index (χ1v) is 26.8. The number of benzene rings is 2. The Bertz CT molecular complexity index is 2880. The summed E-state index contributed by atoms with van der Waals surface area (Å²) in [6.45, 7) is 20.3. The molecular formula is C54H72N12O13S. The summed E-state index contributed by atoms with van der Waals surface area (Å²) < 4.78 is 28.1. The number of anilines is 1. The number of ether oxygens (including phenoxy) is 5. The van der Waals surface area contributed by atoms with Gasteiger partial charge in [0, 0.05) is 38.4 Å². The van der Waals surface area contributed by atoms with E-state index in [-0.39, 0.29) is 62.2 Å². The lowest BCUT2D eigenvalue weighted by atomic mass is 9.98. The molecule has 2 aromatic heterocycles. The lowest BCUT2D eigenvalue weighted by Crippen LogP contribution is -2.70. The number of oxime groups is 1. The summed E-state index contributed by atoms with van der Waals surface area (Å²) in [5.74, 6) is -2.31.